The smallest absolute Gasteiger partial charge is 0.0771 e. The summed E-state index contributed by atoms with van der Waals surface area (Å²) in [6, 6.07) is 0. The maximum absolute atomic E-state index is 10.7. The Labute approximate surface area is 128 Å². The molecule has 1 aliphatic rings. The van der Waals surface area contributed by atoms with Crippen LogP contribution in [0.2, 0.25) is 0 Å². The molecule has 1 aromatic rings. The molecule has 0 unspecified atom stereocenters. The number of nitrogens with one attached hydrogen (secondary N) is 1. The van der Waals surface area contributed by atoms with Gasteiger partial charge in [0.1, 0.15) is 0 Å². The number of hydrogen-bond acceptors (Lipinski definition) is 3. The number of aryl methyl sites for hydroxylation is 1. The monoisotopic (exact) mass is 293 g/mol. The number of nitrogens with zero attached hydrogens (tertiary/aromatic N) is 2. The van der Waals surface area contributed by atoms with Crippen LogP contribution in [0.4, 0.5) is 0 Å². The summed E-state index contributed by atoms with van der Waals surface area (Å²) < 4.78 is 1.89. The molecule has 2 N–H and O–H groups in total. The number of rotatable bonds is 4. The molecule has 1 aliphatic carbocycles. The second kappa shape index (κ2) is 6.49. The largest absolute Gasteiger partial charge is 0.389 e. The average Bonchev–Trinajstić information content (AvgIpc) is 2.62. The molecule has 1 heterocycles. The van der Waals surface area contributed by atoms with Crippen LogP contribution in [-0.2, 0) is 19.0 Å². The van der Waals surface area contributed by atoms with Crippen LogP contribution in [0.25, 0.3) is 0 Å². The van der Waals surface area contributed by atoms with E-state index in [1.807, 2.05) is 11.7 Å². The van der Waals surface area contributed by atoms with Crippen molar-refractivity contribution in [2.75, 3.05) is 6.54 Å². The van der Waals surface area contributed by atoms with Crippen molar-refractivity contribution in [1.82, 2.24) is 15.1 Å². The molecule has 0 radical (unpaired) electrons. The first kappa shape index (κ1) is 16.5. The summed E-state index contributed by atoms with van der Waals surface area (Å²) in [5, 5.41) is 18.7. The molecule has 120 valence electrons. The standard InChI is InChI=1S/C17H31N3O/c1-16(2,3)15-14(12-20(4)19-15)11-18-13-17(21)9-7-5-6-8-10-17/h12,18,21H,5-11,13H2,1-4H3. The molecule has 0 bridgehead atoms. The third-order valence-electron chi connectivity index (χ3n) is 4.42. The molecular weight excluding hydrogens is 262 g/mol. The normalized spacial score (nSPS) is 19.5. The minimum atomic E-state index is -0.513. The third-order valence-corrected chi connectivity index (χ3v) is 4.42. The molecule has 0 aliphatic heterocycles. The molecule has 4 nitrogen and oxygen atoms in total. The van der Waals surface area contributed by atoms with Gasteiger partial charge in [0.2, 0.25) is 0 Å². The van der Waals surface area contributed by atoms with E-state index in [-0.39, 0.29) is 5.41 Å². The molecule has 0 amide bonds. The first-order valence-electron chi connectivity index (χ1n) is 8.26. The van der Waals surface area contributed by atoms with Crippen LogP contribution in [0.3, 0.4) is 0 Å². The molecule has 2 rings (SSSR count). The van der Waals surface area contributed by atoms with Gasteiger partial charge in [-0.25, -0.2) is 0 Å². The highest BCUT2D eigenvalue weighted by Gasteiger charge is 2.28. The lowest BCUT2D eigenvalue weighted by atomic mass is 9.89. The van der Waals surface area contributed by atoms with E-state index in [4.69, 9.17) is 0 Å². The van der Waals surface area contributed by atoms with Crippen LogP contribution >= 0.6 is 0 Å². The van der Waals surface area contributed by atoms with Crippen molar-refractivity contribution in [3.63, 3.8) is 0 Å². The number of aliphatic hydroxyl groups is 1. The van der Waals surface area contributed by atoms with Crippen LogP contribution in [0.15, 0.2) is 6.20 Å². The summed E-state index contributed by atoms with van der Waals surface area (Å²) in [5.74, 6) is 0. The minimum absolute atomic E-state index is 0.0531. The molecule has 1 aromatic heterocycles. The Bertz CT molecular complexity index is 451. The van der Waals surface area contributed by atoms with Crippen molar-refractivity contribution in [2.24, 2.45) is 7.05 Å². The van der Waals surface area contributed by atoms with Gasteiger partial charge in [-0.2, -0.15) is 5.10 Å². The highest BCUT2D eigenvalue weighted by Crippen LogP contribution is 2.27. The van der Waals surface area contributed by atoms with E-state index < -0.39 is 5.60 Å². The maximum atomic E-state index is 10.7. The minimum Gasteiger partial charge on any atom is -0.389 e. The van der Waals surface area contributed by atoms with Gasteiger partial charge in [-0.3, -0.25) is 4.68 Å². The van der Waals surface area contributed by atoms with Crippen LogP contribution in [0, 0.1) is 0 Å². The maximum Gasteiger partial charge on any atom is 0.0771 e. The number of aromatic nitrogens is 2. The fraction of sp³-hybridized carbons (Fsp3) is 0.824. The van der Waals surface area contributed by atoms with Crippen molar-refractivity contribution in [3.8, 4) is 0 Å². The Kier molecular flexibility index (Phi) is 5.10. The molecule has 1 fully saturated rings. The third kappa shape index (κ3) is 4.55. The first-order valence-corrected chi connectivity index (χ1v) is 8.26. The zero-order valence-electron chi connectivity index (χ0n) is 14.1. The van der Waals surface area contributed by atoms with Crippen LogP contribution < -0.4 is 5.32 Å². The lowest BCUT2D eigenvalue weighted by Gasteiger charge is -2.27. The van der Waals surface area contributed by atoms with Crippen molar-refractivity contribution in [3.05, 3.63) is 17.5 Å². The molecular formula is C17H31N3O. The Morgan fingerprint density at radius 1 is 1.24 bits per heavy atom. The summed E-state index contributed by atoms with van der Waals surface area (Å²) in [6.07, 6.45) is 8.78. The van der Waals surface area contributed by atoms with Gasteiger partial charge in [0.15, 0.2) is 0 Å². The summed E-state index contributed by atoms with van der Waals surface area (Å²) in [6.45, 7) is 8.04. The van der Waals surface area contributed by atoms with E-state index in [2.05, 4.69) is 37.4 Å². The van der Waals surface area contributed by atoms with Gasteiger partial charge in [0, 0.05) is 37.3 Å². The Balaban J connectivity index is 1.94. The van der Waals surface area contributed by atoms with Gasteiger partial charge in [-0.1, -0.05) is 46.5 Å². The average molecular weight is 293 g/mol. The zero-order valence-corrected chi connectivity index (χ0v) is 14.1. The second-order valence-corrected chi connectivity index (χ2v) is 7.67. The van der Waals surface area contributed by atoms with E-state index in [1.54, 1.807) is 0 Å². The van der Waals surface area contributed by atoms with E-state index in [0.29, 0.717) is 6.54 Å². The molecule has 0 spiro atoms. The van der Waals surface area contributed by atoms with Gasteiger partial charge in [-0.15, -0.1) is 0 Å². The first-order chi connectivity index (χ1) is 9.80. The molecule has 4 heteroatoms. The molecule has 0 atom stereocenters. The van der Waals surface area contributed by atoms with Gasteiger partial charge in [0.25, 0.3) is 0 Å². The number of hydrogen-bond donors (Lipinski definition) is 2. The van der Waals surface area contributed by atoms with E-state index in [0.717, 1.165) is 37.9 Å². The highest BCUT2D eigenvalue weighted by atomic mass is 16.3. The van der Waals surface area contributed by atoms with Gasteiger partial charge in [0.05, 0.1) is 11.3 Å². The highest BCUT2D eigenvalue weighted by molar-refractivity contribution is 5.23. The SMILES string of the molecule is Cn1cc(CNCC2(O)CCCCCC2)c(C(C)(C)C)n1. The van der Waals surface area contributed by atoms with Gasteiger partial charge in [-0.05, 0) is 12.8 Å². The van der Waals surface area contributed by atoms with E-state index >= 15 is 0 Å². The van der Waals surface area contributed by atoms with Crippen LogP contribution in [0.1, 0.15) is 70.6 Å². The van der Waals surface area contributed by atoms with E-state index in [9.17, 15) is 5.11 Å². The topological polar surface area (TPSA) is 50.1 Å². The van der Waals surface area contributed by atoms with Gasteiger partial charge < -0.3 is 10.4 Å². The lowest BCUT2D eigenvalue weighted by molar-refractivity contribution is 0.0250. The Morgan fingerprint density at radius 3 is 2.43 bits per heavy atom. The zero-order chi connectivity index (χ0) is 15.5. The van der Waals surface area contributed by atoms with Crippen molar-refractivity contribution >= 4 is 0 Å². The fourth-order valence-corrected chi connectivity index (χ4v) is 3.29. The molecule has 0 aromatic carbocycles. The summed E-state index contributed by atoms with van der Waals surface area (Å²) in [4.78, 5) is 0. The quantitative estimate of drug-likeness (QED) is 0.839. The summed E-state index contributed by atoms with van der Waals surface area (Å²) in [7, 11) is 1.97. The molecule has 21 heavy (non-hydrogen) atoms. The predicted octanol–water partition coefficient (Wildman–Crippen LogP) is 2.89. The Morgan fingerprint density at radius 2 is 1.86 bits per heavy atom. The molecule has 0 saturated heterocycles. The molecule has 1 saturated carbocycles. The van der Waals surface area contributed by atoms with Crippen LogP contribution in [0.5, 0.6) is 0 Å². The van der Waals surface area contributed by atoms with Crippen molar-refractivity contribution in [2.45, 2.75) is 76.9 Å². The lowest BCUT2D eigenvalue weighted by Crippen LogP contribution is -2.40. The fourth-order valence-electron chi connectivity index (χ4n) is 3.29. The van der Waals surface area contributed by atoms with Crippen LogP contribution in [-0.4, -0.2) is 27.0 Å². The van der Waals surface area contributed by atoms with Gasteiger partial charge >= 0.3 is 0 Å². The summed E-state index contributed by atoms with van der Waals surface area (Å²) >= 11 is 0. The van der Waals surface area contributed by atoms with Crippen molar-refractivity contribution in [1.29, 1.82) is 0 Å². The van der Waals surface area contributed by atoms with Crippen molar-refractivity contribution < 1.29 is 5.11 Å². The second-order valence-electron chi connectivity index (χ2n) is 7.67. The Hall–Kier alpha value is -0.870. The predicted molar refractivity (Wildman–Crippen MR) is 86.3 cm³/mol. The summed E-state index contributed by atoms with van der Waals surface area (Å²) in [5.41, 5.74) is 1.92. The van der Waals surface area contributed by atoms with E-state index in [1.165, 1.54) is 18.4 Å².